The summed E-state index contributed by atoms with van der Waals surface area (Å²) in [4.78, 5) is 12.4. The molecule has 0 aliphatic heterocycles. The Balaban J connectivity index is 2.68. The summed E-state index contributed by atoms with van der Waals surface area (Å²) in [6, 6.07) is 6.17. The summed E-state index contributed by atoms with van der Waals surface area (Å²) in [7, 11) is 0. The van der Waals surface area contributed by atoms with Crippen LogP contribution in [0.5, 0.6) is 0 Å². The molecule has 0 aliphatic rings. The largest absolute Gasteiger partial charge is 0.465 e. The van der Waals surface area contributed by atoms with Crippen LogP contribution in [-0.2, 0) is 16.1 Å². The van der Waals surface area contributed by atoms with E-state index >= 15 is 0 Å². The first-order valence-electron chi connectivity index (χ1n) is 6.33. The maximum atomic E-state index is 11.4. The Morgan fingerprint density at radius 1 is 1.47 bits per heavy atom. The number of esters is 1. The predicted molar refractivity (Wildman–Crippen MR) is 80.8 cm³/mol. The van der Waals surface area contributed by atoms with E-state index in [2.05, 4.69) is 19.2 Å². The zero-order valence-electron chi connectivity index (χ0n) is 11.5. The lowest BCUT2D eigenvalue weighted by atomic mass is 10.2. The van der Waals surface area contributed by atoms with Crippen molar-refractivity contribution in [1.29, 1.82) is 0 Å². The topological polar surface area (TPSA) is 38.3 Å². The SMILES string of the molecule is CCOC(=O)CSc1cc(Cl)ccc1CNC(C)C. The molecule has 0 fully saturated rings. The van der Waals surface area contributed by atoms with Gasteiger partial charge in [-0.3, -0.25) is 4.79 Å². The molecule has 0 saturated heterocycles. The molecular formula is C14H20ClNO2S. The molecule has 1 aromatic carbocycles. The van der Waals surface area contributed by atoms with Gasteiger partial charge in [-0.1, -0.05) is 31.5 Å². The first kappa shape index (κ1) is 16.3. The van der Waals surface area contributed by atoms with E-state index in [-0.39, 0.29) is 5.97 Å². The molecule has 3 nitrogen and oxygen atoms in total. The highest BCUT2D eigenvalue weighted by Crippen LogP contribution is 2.26. The van der Waals surface area contributed by atoms with Gasteiger partial charge in [0.1, 0.15) is 0 Å². The fourth-order valence-electron chi connectivity index (χ4n) is 1.46. The molecule has 106 valence electrons. The highest BCUT2D eigenvalue weighted by molar-refractivity contribution is 8.00. The van der Waals surface area contributed by atoms with Crippen LogP contribution in [-0.4, -0.2) is 24.4 Å². The third kappa shape index (κ3) is 6.32. The number of benzene rings is 1. The Bertz CT molecular complexity index is 424. The van der Waals surface area contributed by atoms with Gasteiger partial charge in [0.05, 0.1) is 12.4 Å². The summed E-state index contributed by atoms with van der Waals surface area (Å²) in [5.41, 5.74) is 1.15. The van der Waals surface area contributed by atoms with E-state index in [9.17, 15) is 4.79 Å². The van der Waals surface area contributed by atoms with Gasteiger partial charge in [0.2, 0.25) is 0 Å². The molecule has 1 aromatic rings. The van der Waals surface area contributed by atoms with Crippen LogP contribution >= 0.6 is 23.4 Å². The number of hydrogen-bond acceptors (Lipinski definition) is 4. The van der Waals surface area contributed by atoms with E-state index in [1.54, 1.807) is 6.92 Å². The van der Waals surface area contributed by atoms with Crippen LogP contribution in [0.3, 0.4) is 0 Å². The third-order valence-corrected chi connectivity index (χ3v) is 3.69. The average Bonchev–Trinajstić information content (AvgIpc) is 2.35. The number of hydrogen-bond donors (Lipinski definition) is 1. The van der Waals surface area contributed by atoms with E-state index in [1.807, 2.05) is 18.2 Å². The van der Waals surface area contributed by atoms with Crippen LogP contribution in [0.4, 0.5) is 0 Å². The van der Waals surface area contributed by atoms with Gasteiger partial charge in [-0.05, 0) is 24.6 Å². The van der Waals surface area contributed by atoms with Crippen molar-refractivity contribution in [1.82, 2.24) is 5.32 Å². The Hall–Kier alpha value is -0.710. The predicted octanol–water partition coefficient (Wildman–Crippen LogP) is 3.49. The minimum atomic E-state index is -0.199. The average molecular weight is 302 g/mol. The number of thioether (sulfide) groups is 1. The summed E-state index contributed by atoms with van der Waals surface area (Å²) in [5.74, 6) is 0.110. The lowest BCUT2D eigenvalue weighted by Gasteiger charge is -2.12. The first-order valence-corrected chi connectivity index (χ1v) is 7.69. The van der Waals surface area contributed by atoms with Crippen molar-refractivity contribution >= 4 is 29.3 Å². The fourth-order valence-corrected chi connectivity index (χ4v) is 2.59. The molecule has 0 bridgehead atoms. The van der Waals surface area contributed by atoms with Gasteiger partial charge in [-0.25, -0.2) is 0 Å². The van der Waals surface area contributed by atoms with E-state index in [4.69, 9.17) is 16.3 Å². The Morgan fingerprint density at radius 2 is 2.21 bits per heavy atom. The molecule has 1 rings (SSSR count). The standard InChI is InChI=1S/C14H20ClNO2S/c1-4-18-14(17)9-19-13-7-12(15)6-5-11(13)8-16-10(2)3/h5-7,10,16H,4,8-9H2,1-3H3. The molecule has 0 spiro atoms. The van der Waals surface area contributed by atoms with E-state index in [0.29, 0.717) is 23.4 Å². The van der Waals surface area contributed by atoms with Gasteiger partial charge in [0, 0.05) is 22.5 Å². The Morgan fingerprint density at radius 3 is 2.84 bits per heavy atom. The van der Waals surface area contributed by atoms with E-state index < -0.39 is 0 Å². The molecule has 0 atom stereocenters. The summed E-state index contributed by atoms with van der Waals surface area (Å²) in [6.45, 7) is 7.18. The van der Waals surface area contributed by atoms with Crippen LogP contribution in [0.15, 0.2) is 23.1 Å². The summed E-state index contributed by atoms with van der Waals surface area (Å²) >= 11 is 7.47. The molecule has 19 heavy (non-hydrogen) atoms. The summed E-state index contributed by atoms with van der Waals surface area (Å²) in [6.07, 6.45) is 0. The molecular weight excluding hydrogens is 282 g/mol. The van der Waals surface area contributed by atoms with Crippen LogP contribution in [0.25, 0.3) is 0 Å². The molecule has 0 saturated carbocycles. The summed E-state index contributed by atoms with van der Waals surface area (Å²) in [5, 5.41) is 4.04. The molecule has 1 N–H and O–H groups in total. The minimum absolute atomic E-state index is 0.199. The van der Waals surface area contributed by atoms with Crippen LogP contribution in [0, 0.1) is 0 Å². The number of carbonyl (C=O) groups excluding carboxylic acids is 1. The van der Waals surface area contributed by atoms with Crippen molar-refractivity contribution in [2.45, 2.75) is 38.3 Å². The first-order chi connectivity index (χ1) is 9.02. The number of ether oxygens (including phenoxy) is 1. The van der Waals surface area contributed by atoms with Crippen LogP contribution in [0.2, 0.25) is 5.02 Å². The van der Waals surface area contributed by atoms with E-state index in [0.717, 1.165) is 17.0 Å². The lowest BCUT2D eigenvalue weighted by Crippen LogP contribution is -2.22. The molecule has 0 amide bonds. The maximum absolute atomic E-state index is 11.4. The third-order valence-electron chi connectivity index (χ3n) is 2.38. The van der Waals surface area contributed by atoms with Crippen molar-refractivity contribution < 1.29 is 9.53 Å². The molecule has 0 aliphatic carbocycles. The van der Waals surface area contributed by atoms with E-state index in [1.165, 1.54) is 11.8 Å². The van der Waals surface area contributed by atoms with Gasteiger partial charge >= 0.3 is 5.97 Å². The fraction of sp³-hybridized carbons (Fsp3) is 0.500. The zero-order chi connectivity index (χ0) is 14.3. The number of nitrogens with one attached hydrogen (secondary N) is 1. The van der Waals surface area contributed by atoms with Crippen molar-refractivity contribution in [2.24, 2.45) is 0 Å². The molecule has 0 unspecified atom stereocenters. The second-order valence-electron chi connectivity index (χ2n) is 4.38. The molecule has 0 heterocycles. The monoisotopic (exact) mass is 301 g/mol. The van der Waals surface area contributed by atoms with Crippen LogP contribution < -0.4 is 5.32 Å². The number of rotatable bonds is 7. The van der Waals surface area contributed by atoms with Gasteiger partial charge in [0.25, 0.3) is 0 Å². The quantitative estimate of drug-likeness (QED) is 0.618. The van der Waals surface area contributed by atoms with Gasteiger partial charge in [0.15, 0.2) is 0 Å². The maximum Gasteiger partial charge on any atom is 0.316 e. The second kappa shape index (κ2) is 8.46. The Labute approximate surface area is 124 Å². The molecule has 5 heteroatoms. The number of carbonyl (C=O) groups is 1. The van der Waals surface area contributed by atoms with Gasteiger partial charge < -0.3 is 10.1 Å². The molecule has 0 radical (unpaired) electrons. The lowest BCUT2D eigenvalue weighted by molar-refractivity contribution is -0.139. The molecule has 0 aromatic heterocycles. The normalized spacial score (nSPS) is 10.8. The van der Waals surface area contributed by atoms with Crippen molar-refractivity contribution in [2.75, 3.05) is 12.4 Å². The van der Waals surface area contributed by atoms with Crippen molar-refractivity contribution in [3.63, 3.8) is 0 Å². The summed E-state index contributed by atoms with van der Waals surface area (Å²) < 4.78 is 4.92. The van der Waals surface area contributed by atoms with Crippen LogP contribution in [0.1, 0.15) is 26.3 Å². The second-order valence-corrected chi connectivity index (χ2v) is 5.83. The van der Waals surface area contributed by atoms with Crippen molar-refractivity contribution in [3.05, 3.63) is 28.8 Å². The highest BCUT2D eigenvalue weighted by atomic mass is 35.5. The van der Waals surface area contributed by atoms with Crippen molar-refractivity contribution in [3.8, 4) is 0 Å². The zero-order valence-corrected chi connectivity index (χ0v) is 13.1. The smallest absolute Gasteiger partial charge is 0.316 e. The number of halogens is 1. The minimum Gasteiger partial charge on any atom is -0.465 e. The van der Waals surface area contributed by atoms with Gasteiger partial charge in [-0.15, -0.1) is 11.8 Å². The Kier molecular flexibility index (Phi) is 7.28. The van der Waals surface area contributed by atoms with Gasteiger partial charge in [-0.2, -0.15) is 0 Å². The highest BCUT2D eigenvalue weighted by Gasteiger charge is 2.08.